The predicted octanol–water partition coefficient (Wildman–Crippen LogP) is 2.94. The summed E-state index contributed by atoms with van der Waals surface area (Å²) in [7, 11) is 0. The second kappa shape index (κ2) is 7.55. The highest BCUT2D eigenvalue weighted by atomic mass is 35.5. The summed E-state index contributed by atoms with van der Waals surface area (Å²) in [6, 6.07) is 7.41. The zero-order valence-electron chi connectivity index (χ0n) is 11.5. The van der Waals surface area contributed by atoms with Gasteiger partial charge < -0.3 is 10.4 Å². The molecule has 1 aromatic carbocycles. The molecule has 0 radical (unpaired) electrons. The van der Waals surface area contributed by atoms with E-state index < -0.39 is 11.5 Å². The molecule has 1 aromatic rings. The van der Waals surface area contributed by atoms with Gasteiger partial charge in [0.05, 0.1) is 5.75 Å². The summed E-state index contributed by atoms with van der Waals surface area (Å²) in [5.41, 5.74) is -0.124. The molecule has 0 aliphatic heterocycles. The Hall–Kier alpha value is -1.20. The number of nitrogens with one attached hydrogen (secondary N) is 1. The fourth-order valence-corrected chi connectivity index (χ4v) is 2.39. The van der Waals surface area contributed by atoms with Gasteiger partial charge in [-0.3, -0.25) is 4.79 Å². The molecule has 6 heteroatoms. The summed E-state index contributed by atoms with van der Waals surface area (Å²) >= 11 is 7.22. The molecule has 0 bridgehead atoms. The molecule has 1 amide bonds. The molecule has 0 aliphatic rings. The Balaban J connectivity index is 2.40. The largest absolute Gasteiger partial charge is 0.480 e. The lowest BCUT2D eigenvalue weighted by Gasteiger charge is -2.24. The fourth-order valence-electron chi connectivity index (χ4n) is 1.48. The lowest BCUT2D eigenvalue weighted by molar-refractivity contribution is -0.146. The van der Waals surface area contributed by atoms with E-state index in [0.717, 1.165) is 5.56 Å². The molecular weight excluding hydrogens is 298 g/mol. The van der Waals surface area contributed by atoms with Crippen LogP contribution in [0.25, 0.3) is 0 Å². The monoisotopic (exact) mass is 315 g/mol. The van der Waals surface area contributed by atoms with Crippen molar-refractivity contribution in [3.8, 4) is 0 Å². The Labute approximate surface area is 127 Å². The van der Waals surface area contributed by atoms with Crippen molar-refractivity contribution >= 4 is 35.2 Å². The van der Waals surface area contributed by atoms with Gasteiger partial charge in [0.1, 0.15) is 5.54 Å². The summed E-state index contributed by atoms with van der Waals surface area (Å²) in [6.45, 7) is 3.24. The van der Waals surface area contributed by atoms with Crippen molar-refractivity contribution in [3.63, 3.8) is 0 Å². The Morgan fingerprint density at radius 3 is 2.45 bits per heavy atom. The van der Waals surface area contributed by atoms with E-state index in [1.165, 1.54) is 18.7 Å². The third-order valence-corrected chi connectivity index (χ3v) is 4.27. The molecule has 1 atom stereocenters. The minimum absolute atomic E-state index is 0.228. The summed E-state index contributed by atoms with van der Waals surface area (Å²) in [5, 5.41) is 12.3. The normalized spacial score (nSPS) is 13.6. The number of amides is 1. The minimum Gasteiger partial charge on any atom is -0.480 e. The van der Waals surface area contributed by atoms with Crippen LogP contribution in [0.3, 0.4) is 0 Å². The minimum atomic E-state index is -1.20. The molecule has 0 spiro atoms. The number of rotatable bonds is 7. The van der Waals surface area contributed by atoms with Gasteiger partial charge in [0, 0.05) is 10.8 Å². The topological polar surface area (TPSA) is 66.4 Å². The summed E-state index contributed by atoms with van der Waals surface area (Å²) in [5.74, 6) is -0.377. The van der Waals surface area contributed by atoms with E-state index in [1.54, 1.807) is 19.1 Å². The number of carbonyl (C=O) groups is 2. The van der Waals surface area contributed by atoms with Crippen molar-refractivity contribution in [1.29, 1.82) is 0 Å². The number of thioether (sulfide) groups is 1. The number of halogens is 1. The zero-order chi connectivity index (χ0) is 15.2. The molecule has 4 nitrogen and oxygen atoms in total. The van der Waals surface area contributed by atoms with E-state index in [2.05, 4.69) is 5.32 Å². The van der Waals surface area contributed by atoms with E-state index in [1.807, 2.05) is 12.1 Å². The van der Waals surface area contributed by atoms with Crippen molar-refractivity contribution in [3.05, 3.63) is 34.9 Å². The average molecular weight is 316 g/mol. The quantitative estimate of drug-likeness (QED) is 0.812. The molecule has 2 N–H and O–H groups in total. The van der Waals surface area contributed by atoms with Crippen LogP contribution in [0, 0.1) is 0 Å². The maximum atomic E-state index is 11.7. The number of carbonyl (C=O) groups excluding carboxylic acids is 1. The molecule has 20 heavy (non-hydrogen) atoms. The Bertz CT molecular complexity index is 478. The first-order valence-corrected chi connectivity index (χ1v) is 7.77. The van der Waals surface area contributed by atoms with E-state index in [9.17, 15) is 9.59 Å². The fraction of sp³-hybridized carbons (Fsp3) is 0.429. The Kier molecular flexibility index (Phi) is 6.36. The highest BCUT2D eigenvalue weighted by Gasteiger charge is 2.32. The lowest BCUT2D eigenvalue weighted by Crippen LogP contribution is -2.52. The molecule has 0 aromatic heterocycles. The van der Waals surface area contributed by atoms with Gasteiger partial charge in [-0.1, -0.05) is 30.7 Å². The van der Waals surface area contributed by atoms with Crippen molar-refractivity contribution in [1.82, 2.24) is 5.32 Å². The van der Waals surface area contributed by atoms with E-state index in [-0.39, 0.29) is 11.7 Å². The maximum Gasteiger partial charge on any atom is 0.329 e. The molecule has 0 fully saturated rings. The van der Waals surface area contributed by atoms with E-state index in [4.69, 9.17) is 16.7 Å². The van der Waals surface area contributed by atoms with Gasteiger partial charge in [0.2, 0.25) is 5.91 Å². The molecule has 1 rings (SSSR count). The first kappa shape index (κ1) is 16.9. The molecule has 0 heterocycles. The molecule has 0 saturated carbocycles. The van der Waals surface area contributed by atoms with Crippen LogP contribution in [0.2, 0.25) is 5.02 Å². The van der Waals surface area contributed by atoms with Gasteiger partial charge >= 0.3 is 5.97 Å². The van der Waals surface area contributed by atoms with Crippen LogP contribution in [0.15, 0.2) is 24.3 Å². The highest BCUT2D eigenvalue weighted by molar-refractivity contribution is 7.99. The standard InChI is InChI=1S/C14H18ClNO3S/c1-3-14(2,13(18)19)16-12(17)9-20-8-10-4-6-11(15)7-5-10/h4-7H,3,8-9H2,1-2H3,(H,16,17)(H,18,19). The summed E-state index contributed by atoms with van der Waals surface area (Å²) < 4.78 is 0. The van der Waals surface area contributed by atoms with Crippen LogP contribution in [-0.2, 0) is 15.3 Å². The Morgan fingerprint density at radius 1 is 1.35 bits per heavy atom. The van der Waals surface area contributed by atoms with Crippen LogP contribution < -0.4 is 5.32 Å². The van der Waals surface area contributed by atoms with Crippen molar-refractivity contribution < 1.29 is 14.7 Å². The third-order valence-electron chi connectivity index (χ3n) is 3.01. The molecular formula is C14H18ClNO3S. The van der Waals surface area contributed by atoms with Crippen LogP contribution in [0.5, 0.6) is 0 Å². The van der Waals surface area contributed by atoms with Crippen LogP contribution in [0.4, 0.5) is 0 Å². The van der Waals surface area contributed by atoms with Gasteiger partial charge in [0.15, 0.2) is 0 Å². The van der Waals surface area contributed by atoms with Gasteiger partial charge in [-0.15, -0.1) is 11.8 Å². The van der Waals surface area contributed by atoms with Crippen LogP contribution in [0.1, 0.15) is 25.8 Å². The number of aliphatic carboxylic acids is 1. The van der Waals surface area contributed by atoms with Crippen molar-refractivity contribution in [2.45, 2.75) is 31.6 Å². The maximum absolute atomic E-state index is 11.7. The predicted molar refractivity (Wildman–Crippen MR) is 82.1 cm³/mol. The first-order chi connectivity index (χ1) is 9.37. The van der Waals surface area contributed by atoms with Gasteiger partial charge in [-0.05, 0) is 31.0 Å². The molecule has 1 unspecified atom stereocenters. The summed E-state index contributed by atoms with van der Waals surface area (Å²) in [4.78, 5) is 22.8. The molecule has 110 valence electrons. The Morgan fingerprint density at radius 2 is 1.95 bits per heavy atom. The number of hydrogen-bond donors (Lipinski definition) is 2. The number of carboxylic acid groups (broad SMARTS) is 1. The molecule has 0 saturated heterocycles. The second-order valence-electron chi connectivity index (χ2n) is 4.66. The van der Waals surface area contributed by atoms with Crippen molar-refractivity contribution in [2.24, 2.45) is 0 Å². The van der Waals surface area contributed by atoms with Gasteiger partial charge in [-0.25, -0.2) is 4.79 Å². The highest BCUT2D eigenvalue weighted by Crippen LogP contribution is 2.16. The lowest BCUT2D eigenvalue weighted by atomic mass is 9.99. The van der Waals surface area contributed by atoms with Crippen LogP contribution >= 0.6 is 23.4 Å². The first-order valence-electron chi connectivity index (χ1n) is 6.24. The number of carboxylic acids is 1. The summed E-state index contributed by atoms with van der Waals surface area (Å²) in [6.07, 6.45) is 0.343. The van der Waals surface area contributed by atoms with Gasteiger partial charge in [-0.2, -0.15) is 0 Å². The third kappa shape index (κ3) is 5.06. The smallest absolute Gasteiger partial charge is 0.329 e. The van der Waals surface area contributed by atoms with E-state index >= 15 is 0 Å². The van der Waals surface area contributed by atoms with Crippen molar-refractivity contribution in [2.75, 3.05) is 5.75 Å². The second-order valence-corrected chi connectivity index (χ2v) is 6.08. The number of hydrogen-bond acceptors (Lipinski definition) is 3. The SMILES string of the molecule is CCC(C)(NC(=O)CSCc1ccc(Cl)cc1)C(=O)O. The zero-order valence-corrected chi connectivity index (χ0v) is 13.1. The van der Waals surface area contributed by atoms with E-state index in [0.29, 0.717) is 17.2 Å². The van der Waals surface area contributed by atoms with Crippen LogP contribution in [-0.4, -0.2) is 28.3 Å². The van der Waals surface area contributed by atoms with Gasteiger partial charge in [0.25, 0.3) is 0 Å². The average Bonchev–Trinajstić information content (AvgIpc) is 2.40. The number of benzene rings is 1. The molecule has 0 aliphatic carbocycles.